The maximum absolute atomic E-state index is 13.4. The molecule has 2 aromatic rings. The van der Waals surface area contributed by atoms with E-state index < -0.39 is 0 Å². The number of hydrogen-bond donors (Lipinski definition) is 0. The number of carbonyl (C=O) groups excluding carboxylic acids is 2. The van der Waals surface area contributed by atoms with Crippen molar-refractivity contribution in [1.29, 1.82) is 0 Å². The molecule has 0 spiro atoms. The van der Waals surface area contributed by atoms with Crippen LogP contribution in [0.4, 0.5) is 5.69 Å². The van der Waals surface area contributed by atoms with Gasteiger partial charge in [0.15, 0.2) is 0 Å². The summed E-state index contributed by atoms with van der Waals surface area (Å²) in [6, 6.07) is 12.1. The van der Waals surface area contributed by atoms with Gasteiger partial charge in [0.25, 0.3) is 0 Å². The van der Waals surface area contributed by atoms with Gasteiger partial charge in [0.1, 0.15) is 6.10 Å². The Balaban J connectivity index is 1.36. The largest absolute Gasteiger partial charge is 0.391 e. The number of carbonyl (C=O) groups is 2. The molecule has 2 heterocycles. The Labute approximate surface area is 187 Å². The molecule has 6 atom stereocenters. The number of imide groups is 1. The van der Waals surface area contributed by atoms with Crippen molar-refractivity contribution >= 4 is 58.0 Å². The fourth-order valence-corrected chi connectivity index (χ4v) is 6.52. The van der Waals surface area contributed by atoms with Crippen molar-refractivity contribution in [3.05, 3.63) is 63.1 Å². The zero-order valence-corrected chi connectivity index (χ0v) is 17.7. The summed E-state index contributed by atoms with van der Waals surface area (Å²) in [5, 5.41) is 5.93. The normalized spacial score (nSPS) is 33.6. The number of nitrogens with zero attached hydrogens (tertiary/aromatic N) is 2. The Hall–Kier alpha value is -2.08. The molecule has 5 nitrogen and oxygen atoms in total. The predicted octanol–water partition coefficient (Wildman–Crippen LogP) is 4.82. The lowest BCUT2D eigenvalue weighted by molar-refractivity contribution is -0.125. The van der Waals surface area contributed by atoms with Gasteiger partial charge in [0, 0.05) is 27.4 Å². The topological polar surface area (TPSA) is 59.0 Å². The van der Waals surface area contributed by atoms with Crippen molar-refractivity contribution in [2.75, 3.05) is 4.90 Å². The van der Waals surface area contributed by atoms with E-state index in [1.165, 1.54) is 4.90 Å². The minimum atomic E-state index is -0.366. The van der Waals surface area contributed by atoms with Crippen LogP contribution in [0.25, 0.3) is 0 Å². The molecular formula is C22H15Cl3N2O3. The summed E-state index contributed by atoms with van der Waals surface area (Å²) in [6.07, 6.45) is 0.570. The second kappa shape index (κ2) is 6.46. The molecule has 3 fully saturated rings. The van der Waals surface area contributed by atoms with Crippen LogP contribution in [0.3, 0.4) is 0 Å². The zero-order valence-electron chi connectivity index (χ0n) is 15.5. The smallest absolute Gasteiger partial charge is 0.238 e. The summed E-state index contributed by atoms with van der Waals surface area (Å²) in [5.74, 6) is -1.13. The lowest BCUT2D eigenvalue weighted by Gasteiger charge is -2.30. The number of hydrogen-bond acceptors (Lipinski definition) is 4. The number of oxime groups is 1. The maximum Gasteiger partial charge on any atom is 0.238 e. The van der Waals surface area contributed by atoms with Gasteiger partial charge in [0.05, 0.1) is 28.3 Å². The molecule has 2 bridgehead atoms. The van der Waals surface area contributed by atoms with Crippen molar-refractivity contribution in [1.82, 2.24) is 0 Å². The summed E-state index contributed by atoms with van der Waals surface area (Å²) >= 11 is 18.4. The molecule has 6 rings (SSSR count). The fraction of sp³-hybridized carbons (Fsp3) is 0.318. The third-order valence-electron chi connectivity index (χ3n) is 6.98. The quantitative estimate of drug-likeness (QED) is 0.602. The SMILES string of the molecule is O=C1[C@@H]2[C@H]3C[C@@H]([C@@H]4C(c5ccc(Cl)cc5Cl)=NO[C@@H]34)[C@@H]2C(=O)N1c1ccc(Cl)cc1. The van der Waals surface area contributed by atoms with Gasteiger partial charge in [-0.3, -0.25) is 14.5 Å². The van der Waals surface area contributed by atoms with Gasteiger partial charge in [-0.1, -0.05) is 46.0 Å². The Kier molecular flexibility index (Phi) is 4.02. The minimum Gasteiger partial charge on any atom is -0.391 e. The molecular weight excluding hydrogens is 447 g/mol. The van der Waals surface area contributed by atoms with Crippen molar-refractivity contribution in [2.24, 2.45) is 34.7 Å². The molecule has 2 aromatic carbocycles. The van der Waals surface area contributed by atoms with Crippen LogP contribution >= 0.6 is 34.8 Å². The van der Waals surface area contributed by atoms with E-state index in [1.54, 1.807) is 36.4 Å². The van der Waals surface area contributed by atoms with Crippen LogP contribution in [-0.2, 0) is 14.4 Å². The van der Waals surface area contributed by atoms with E-state index in [1.807, 2.05) is 6.07 Å². The van der Waals surface area contributed by atoms with Crippen molar-refractivity contribution in [3.8, 4) is 0 Å². The van der Waals surface area contributed by atoms with Gasteiger partial charge in [-0.25, -0.2) is 0 Å². The summed E-state index contributed by atoms with van der Waals surface area (Å²) in [5.41, 5.74) is 2.07. The van der Waals surface area contributed by atoms with Gasteiger partial charge < -0.3 is 4.84 Å². The first-order valence-corrected chi connectivity index (χ1v) is 10.9. The Morgan fingerprint density at radius 1 is 0.867 bits per heavy atom. The number of amides is 2. The molecule has 2 saturated carbocycles. The number of benzene rings is 2. The average Bonchev–Trinajstić information content (AvgIpc) is 3.44. The van der Waals surface area contributed by atoms with Gasteiger partial charge >= 0.3 is 0 Å². The lowest BCUT2D eigenvalue weighted by atomic mass is 9.71. The van der Waals surface area contributed by atoms with E-state index >= 15 is 0 Å². The third kappa shape index (κ3) is 2.40. The molecule has 1 saturated heterocycles. The van der Waals surface area contributed by atoms with E-state index in [9.17, 15) is 9.59 Å². The highest BCUT2D eigenvalue weighted by Crippen LogP contribution is 2.62. The molecule has 4 aliphatic rings. The highest BCUT2D eigenvalue weighted by Gasteiger charge is 2.70. The van der Waals surface area contributed by atoms with Crippen LogP contribution in [0.1, 0.15) is 12.0 Å². The standard InChI is InChI=1S/C22H15Cl3N2O3/c23-9-1-4-11(5-2-9)27-21(28)16-13-8-14(17(16)22(27)29)20-18(13)19(26-30-20)12-6-3-10(24)7-15(12)25/h1-7,13-14,16-18,20H,8H2/t13-,14-,16+,17-,18-,20+/m1/s1. The number of anilines is 1. The molecule has 0 N–H and O–H groups in total. The first-order chi connectivity index (χ1) is 14.5. The van der Waals surface area contributed by atoms with E-state index in [0.29, 0.717) is 20.8 Å². The van der Waals surface area contributed by atoms with Gasteiger partial charge in [-0.15, -0.1) is 0 Å². The molecule has 152 valence electrons. The summed E-state index contributed by atoms with van der Waals surface area (Å²) in [6.45, 7) is 0. The van der Waals surface area contributed by atoms with Crippen molar-refractivity contribution < 1.29 is 14.4 Å². The van der Waals surface area contributed by atoms with Crippen LogP contribution in [0.15, 0.2) is 47.6 Å². The second-order valence-electron chi connectivity index (χ2n) is 8.30. The Bertz CT molecular complexity index is 1130. The molecule has 2 amide bonds. The number of halogens is 3. The zero-order chi connectivity index (χ0) is 20.7. The average molecular weight is 462 g/mol. The molecule has 0 radical (unpaired) electrons. The first-order valence-electron chi connectivity index (χ1n) is 9.78. The van der Waals surface area contributed by atoms with Crippen LogP contribution in [-0.4, -0.2) is 23.6 Å². The Morgan fingerprint density at radius 2 is 1.53 bits per heavy atom. The highest BCUT2D eigenvalue weighted by molar-refractivity contribution is 6.37. The van der Waals surface area contributed by atoms with Crippen LogP contribution in [0, 0.1) is 29.6 Å². The molecule has 0 unspecified atom stereocenters. The van der Waals surface area contributed by atoms with Crippen LogP contribution in [0.5, 0.6) is 0 Å². The molecule has 30 heavy (non-hydrogen) atoms. The van der Waals surface area contributed by atoms with Gasteiger partial charge in [-0.05, 0) is 48.7 Å². The van der Waals surface area contributed by atoms with Crippen molar-refractivity contribution in [3.63, 3.8) is 0 Å². The first kappa shape index (κ1) is 18.7. The summed E-state index contributed by atoms with van der Waals surface area (Å²) in [4.78, 5) is 33.7. The monoisotopic (exact) mass is 460 g/mol. The van der Waals surface area contributed by atoms with Gasteiger partial charge in [-0.2, -0.15) is 0 Å². The molecule has 8 heteroatoms. The van der Waals surface area contributed by atoms with E-state index in [2.05, 4.69) is 5.16 Å². The minimum absolute atomic E-state index is 0.00764. The molecule has 2 aliphatic heterocycles. The summed E-state index contributed by atoms with van der Waals surface area (Å²) in [7, 11) is 0. The van der Waals surface area contributed by atoms with Gasteiger partial charge in [0.2, 0.25) is 11.8 Å². The predicted molar refractivity (Wildman–Crippen MR) is 114 cm³/mol. The third-order valence-corrected chi connectivity index (χ3v) is 7.78. The van der Waals surface area contributed by atoms with Crippen LogP contribution < -0.4 is 4.90 Å². The maximum atomic E-state index is 13.4. The number of rotatable bonds is 2. The highest BCUT2D eigenvalue weighted by atomic mass is 35.5. The van der Waals surface area contributed by atoms with E-state index in [-0.39, 0.29) is 47.5 Å². The summed E-state index contributed by atoms with van der Waals surface area (Å²) < 4.78 is 0. The van der Waals surface area contributed by atoms with Crippen LogP contribution in [0.2, 0.25) is 15.1 Å². The number of fused-ring (bicyclic) bond motifs is 8. The van der Waals surface area contributed by atoms with E-state index in [0.717, 1.165) is 17.7 Å². The Morgan fingerprint density at radius 3 is 2.23 bits per heavy atom. The fourth-order valence-electron chi connectivity index (χ4n) is 5.89. The molecule has 0 aromatic heterocycles. The second-order valence-corrected chi connectivity index (χ2v) is 9.58. The lowest BCUT2D eigenvalue weighted by Crippen LogP contribution is -2.41. The van der Waals surface area contributed by atoms with Crippen molar-refractivity contribution in [2.45, 2.75) is 12.5 Å². The molecule has 2 aliphatic carbocycles. The van der Waals surface area contributed by atoms with E-state index in [4.69, 9.17) is 39.6 Å².